The van der Waals surface area contributed by atoms with Gasteiger partial charge in [0.15, 0.2) is 0 Å². The second-order valence-corrected chi connectivity index (χ2v) is 6.53. The molecule has 2 N–H and O–H groups in total. The Labute approximate surface area is 121 Å². The van der Waals surface area contributed by atoms with Gasteiger partial charge in [0.2, 0.25) is 0 Å². The maximum atomic E-state index is 12.0. The first-order chi connectivity index (χ1) is 9.49. The van der Waals surface area contributed by atoms with Gasteiger partial charge >= 0.3 is 5.97 Å². The SMILES string of the molecule is COCCN(CC(NC1CC1)(C(=O)O)C1CC1)C(C)C. The van der Waals surface area contributed by atoms with E-state index in [1.54, 1.807) is 7.11 Å². The lowest BCUT2D eigenvalue weighted by Crippen LogP contribution is -2.62. The number of carbonyl (C=O) groups is 1. The molecular formula is C15H28N2O3. The number of hydrogen-bond donors (Lipinski definition) is 2. The molecule has 0 amide bonds. The van der Waals surface area contributed by atoms with Crippen molar-refractivity contribution in [2.75, 3.05) is 26.8 Å². The molecule has 0 aromatic carbocycles. The molecule has 2 rings (SSSR count). The summed E-state index contributed by atoms with van der Waals surface area (Å²) in [5, 5.41) is 13.3. The molecular weight excluding hydrogens is 256 g/mol. The molecule has 0 spiro atoms. The molecule has 0 aromatic rings. The molecule has 0 aromatic heterocycles. The van der Waals surface area contributed by atoms with Crippen LogP contribution in [0.3, 0.4) is 0 Å². The predicted octanol–water partition coefficient (Wildman–Crippen LogP) is 1.33. The quantitative estimate of drug-likeness (QED) is 0.634. The van der Waals surface area contributed by atoms with Crippen LogP contribution in [0.4, 0.5) is 0 Å². The molecule has 0 aliphatic heterocycles. The fourth-order valence-electron chi connectivity index (χ4n) is 2.81. The minimum atomic E-state index is -0.765. The van der Waals surface area contributed by atoms with E-state index in [-0.39, 0.29) is 5.92 Å². The summed E-state index contributed by atoms with van der Waals surface area (Å²) >= 11 is 0. The number of nitrogens with one attached hydrogen (secondary N) is 1. The molecule has 2 fully saturated rings. The van der Waals surface area contributed by atoms with Gasteiger partial charge in [0, 0.05) is 32.3 Å². The van der Waals surface area contributed by atoms with Crippen molar-refractivity contribution in [1.82, 2.24) is 10.2 Å². The van der Waals surface area contributed by atoms with E-state index in [2.05, 4.69) is 24.1 Å². The van der Waals surface area contributed by atoms with Crippen LogP contribution in [-0.4, -0.2) is 60.4 Å². The minimum Gasteiger partial charge on any atom is -0.480 e. The minimum absolute atomic E-state index is 0.282. The van der Waals surface area contributed by atoms with Gasteiger partial charge in [0.1, 0.15) is 5.54 Å². The fourth-order valence-corrected chi connectivity index (χ4v) is 2.81. The monoisotopic (exact) mass is 284 g/mol. The first-order valence-electron chi connectivity index (χ1n) is 7.73. The van der Waals surface area contributed by atoms with Gasteiger partial charge in [-0.15, -0.1) is 0 Å². The molecule has 0 heterocycles. The molecule has 116 valence electrons. The highest BCUT2D eigenvalue weighted by Crippen LogP contribution is 2.42. The second kappa shape index (κ2) is 6.41. The van der Waals surface area contributed by atoms with E-state index in [9.17, 15) is 9.90 Å². The maximum absolute atomic E-state index is 12.0. The Hall–Kier alpha value is -0.650. The van der Waals surface area contributed by atoms with E-state index in [0.717, 1.165) is 32.2 Å². The molecule has 2 aliphatic carbocycles. The van der Waals surface area contributed by atoms with E-state index in [0.29, 0.717) is 25.2 Å². The Morgan fingerprint density at radius 3 is 2.45 bits per heavy atom. The number of aliphatic carboxylic acids is 1. The number of carboxylic acids is 1. The van der Waals surface area contributed by atoms with Crippen molar-refractivity contribution in [3.63, 3.8) is 0 Å². The smallest absolute Gasteiger partial charge is 0.325 e. The number of rotatable bonds is 10. The number of ether oxygens (including phenoxy) is 1. The van der Waals surface area contributed by atoms with Crippen LogP contribution in [0.1, 0.15) is 39.5 Å². The summed E-state index contributed by atoms with van der Waals surface area (Å²) in [5.41, 5.74) is -0.765. The van der Waals surface area contributed by atoms with Crippen molar-refractivity contribution < 1.29 is 14.6 Å². The Morgan fingerprint density at radius 1 is 1.40 bits per heavy atom. The van der Waals surface area contributed by atoms with Crippen molar-refractivity contribution in [2.24, 2.45) is 5.92 Å². The zero-order chi connectivity index (χ0) is 14.8. The van der Waals surface area contributed by atoms with Crippen molar-refractivity contribution >= 4 is 5.97 Å². The Bertz CT molecular complexity index is 340. The molecule has 1 unspecified atom stereocenters. The van der Waals surface area contributed by atoms with Crippen LogP contribution in [0.2, 0.25) is 0 Å². The third-order valence-electron chi connectivity index (χ3n) is 4.46. The first-order valence-corrected chi connectivity index (χ1v) is 7.73. The number of carboxylic acid groups (broad SMARTS) is 1. The number of methoxy groups -OCH3 is 1. The van der Waals surface area contributed by atoms with Gasteiger partial charge in [-0.05, 0) is 45.4 Å². The molecule has 5 nitrogen and oxygen atoms in total. The topological polar surface area (TPSA) is 61.8 Å². The molecule has 0 radical (unpaired) electrons. The molecule has 2 aliphatic rings. The van der Waals surface area contributed by atoms with Crippen LogP contribution >= 0.6 is 0 Å². The van der Waals surface area contributed by atoms with E-state index in [1.165, 1.54) is 0 Å². The van der Waals surface area contributed by atoms with Crippen LogP contribution in [-0.2, 0) is 9.53 Å². The standard InChI is InChI=1S/C15H28N2O3/c1-11(2)17(8-9-20-3)10-15(14(18)19,12-4-5-12)16-13-6-7-13/h11-13,16H,4-10H2,1-3H3,(H,18,19). The highest BCUT2D eigenvalue weighted by molar-refractivity contribution is 5.80. The summed E-state index contributed by atoms with van der Waals surface area (Å²) in [6, 6.07) is 0.728. The summed E-state index contributed by atoms with van der Waals surface area (Å²) < 4.78 is 5.16. The molecule has 2 saturated carbocycles. The van der Waals surface area contributed by atoms with Crippen molar-refractivity contribution in [1.29, 1.82) is 0 Å². The first kappa shape index (κ1) is 15.7. The average molecular weight is 284 g/mol. The van der Waals surface area contributed by atoms with Crippen molar-refractivity contribution in [2.45, 2.75) is 57.2 Å². The summed E-state index contributed by atoms with van der Waals surface area (Å²) in [6.45, 7) is 6.23. The zero-order valence-corrected chi connectivity index (χ0v) is 12.9. The summed E-state index contributed by atoms with van der Waals surface area (Å²) in [4.78, 5) is 14.2. The van der Waals surface area contributed by atoms with Gasteiger partial charge in [0.25, 0.3) is 0 Å². The molecule has 0 saturated heterocycles. The van der Waals surface area contributed by atoms with E-state index in [4.69, 9.17) is 4.74 Å². The fraction of sp³-hybridized carbons (Fsp3) is 0.933. The Morgan fingerprint density at radius 2 is 2.05 bits per heavy atom. The van der Waals surface area contributed by atoms with Gasteiger partial charge < -0.3 is 9.84 Å². The second-order valence-electron chi connectivity index (χ2n) is 6.53. The van der Waals surface area contributed by atoms with Crippen LogP contribution < -0.4 is 5.32 Å². The van der Waals surface area contributed by atoms with Gasteiger partial charge in [-0.1, -0.05) is 0 Å². The summed E-state index contributed by atoms with van der Waals surface area (Å²) in [5.74, 6) is -0.403. The van der Waals surface area contributed by atoms with E-state index >= 15 is 0 Å². The van der Waals surface area contributed by atoms with Crippen molar-refractivity contribution in [3.8, 4) is 0 Å². The highest BCUT2D eigenvalue weighted by atomic mass is 16.5. The maximum Gasteiger partial charge on any atom is 0.325 e. The van der Waals surface area contributed by atoms with Gasteiger partial charge in [-0.25, -0.2) is 0 Å². The molecule has 20 heavy (non-hydrogen) atoms. The van der Waals surface area contributed by atoms with Crippen LogP contribution in [0.15, 0.2) is 0 Å². The molecule has 0 bridgehead atoms. The lowest BCUT2D eigenvalue weighted by atomic mass is 9.91. The number of nitrogens with zero attached hydrogens (tertiary/aromatic N) is 1. The Balaban J connectivity index is 2.09. The zero-order valence-electron chi connectivity index (χ0n) is 12.9. The summed E-state index contributed by atoms with van der Waals surface area (Å²) in [7, 11) is 1.69. The van der Waals surface area contributed by atoms with E-state index < -0.39 is 11.5 Å². The van der Waals surface area contributed by atoms with Crippen LogP contribution in [0, 0.1) is 5.92 Å². The van der Waals surface area contributed by atoms with Crippen LogP contribution in [0.25, 0.3) is 0 Å². The third-order valence-corrected chi connectivity index (χ3v) is 4.46. The molecule has 1 atom stereocenters. The highest BCUT2D eigenvalue weighted by Gasteiger charge is 2.54. The van der Waals surface area contributed by atoms with Crippen molar-refractivity contribution in [3.05, 3.63) is 0 Å². The van der Waals surface area contributed by atoms with E-state index in [1.807, 2.05) is 0 Å². The largest absolute Gasteiger partial charge is 0.480 e. The van der Waals surface area contributed by atoms with Crippen LogP contribution in [0.5, 0.6) is 0 Å². The van der Waals surface area contributed by atoms with Gasteiger partial charge in [0.05, 0.1) is 6.61 Å². The lowest BCUT2D eigenvalue weighted by Gasteiger charge is -2.38. The normalized spacial score (nSPS) is 22.2. The van der Waals surface area contributed by atoms with Gasteiger partial charge in [-0.3, -0.25) is 15.0 Å². The molecule has 5 heteroatoms. The van der Waals surface area contributed by atoms with Gasteiger partial charge in [-0.2, -0.15) is 0 Å². The predicted molar refractivity (Wildman–Crippen MR) is 77.8 cm³/mol. The average Bonchev–Trinajstić information content (AvgIpc) is 3.25. The summed E-state index contributed by atoms with van der Waals surface area (Å²) in [6.07, 6.45) is 4.29. The lowest BCUT2D eigenvalue weighted by molar-refractivity contribution is -0.147. The number of hydrogen-bond acceptors (Lipinski definition) is 4. The third kappa shape index (κ3) is 3.71. The Kier molecular flexibility index (Phi) is 5.04.